The molecule has 0 aliphatic carbocycles. The van der Waals surface area contributed by atoms with Gasteiger partial charge in [0.2, 0.25) is 0 Å². The first kappa shape index (κ1) is 20.8. The lowest BCUT2D eigenvalue weighted by molar-refractivity contribution is 0.919. The quantitative estimate of drug-likeness (QED) is 0.362. The van der Waals surface area contributed by atoms with E-state index in [1.165, 1.54) is 10.9 Å². The first-order valence-electron chi connectivity index (χ1n) is 11.3. The molecule has 6 rings (SSSR count). The molecule has 0 radical (unpaired) electrons. The average molecular weight is 458 g/mol. The third-order valence-electron chi connectivity index (χ3n) is 6.24. The van der Waals surface area contributed by atoms with E-state index in [0.29, 0.717) is 5.82 Å². The summed E-state index contributed by atoms with van der Waals surface area (Å²) < 4.78 is 2.13. The highest BCUT2D eigenvalue weighted by Crippen LogP contribution is 2.34. The number of nitrogen functional groups attached to an aromatic ring is 1. The van der Waals surface area contributed by atoms with Crippen LogP contribution in [0.1, 0.15) is 17.2 Å². The van der Waals surface area contributed by atoms with Gasteiger partial charge in [-0.3, -0.25) is 15.0 Å². The Labute approximate surface area is 202 Å². The highest BCUT2D eigenvalue weighted by molar-refractivity contribution is 5.97. The van der Waals surface area contributed by atoms with Crippen molar-refractivity contribution in [2.45, 2.75) is 6.04 Å². The second kappa shape index (κ2) is 8.53. The second-order valence-electron chi connectivity index (χ2n) is 8.53. The molecule has 170 valence electrons. The van der Waals surface area contributed by atoms with Crippen LogP contribution in [0.2, 0.25) is 0 Å². The van der Waals surface area contributed by atoms with Crippen LogP contribution in [0, 0.1) is 0 Å². The lowest BCUT2D eigenvalue weighted by atomic mass is 9.99. The molecular weight excluding hydrogens is 434 g/mol. The van der Waals surface area contributed by atoms with Gasteiger partial charge >= 0.3 is 0 Å². The van der Waals surface area contributed by atoms with Gasteiger partial charge in [0.05, 0.1) is 17.1 Å². The summed E-state index contributed by atoms with van der Waals surface area (Å²) in [6, 6.07) is 20.4. The van der Waals surface area contributed by atoms with Gasteiger partial charge in [-0.25, -0.2) is 4.98 Å². The topological polar surface area (TPSA) is 94.5 Å². The molecule has 7 heteroatoms. The zero-order valence-electron chi connectivity index (χ0n) is 19.1. The zero-order valence-corrected chi connectivity index (χ0v) is 19.1. The van der Waals surface area contributed by atoms with Crippen molar-refractivity contribution in [3.8, 4) is 11.1 Å². The van der Waals surface area contributed by atoms with Crippen molar-refractivity contribution in [1.82, 2.24) is 24.5 Å². The van der Waals surface area contributed by atoms with Crippen molar-refractivity contribution >= 4 is 33.4 Å². The molecule has 0 bridgehead atoms. The van der Waals surface area contributed by atoms with Gasteiger partial charge in [0.15, 0.2) is 0 Å². The number of benzene rings is 2. The monoisotopic (exact) mass is 457 g/mol. The summed E-state index contributed by atoms with van der Waals surface area (Å²) >= 11 is 0. The highest BCUT2D eigenvalue weighted by atomic mass is 14.9. The number of rotatable bonds is 5. The Kier molecular flexibility index (Phi) is 5.07. The summed E-state index contributed by atoms with van der Waals surface area (Å²) in [5, 5.41) is 4.89. The molecule has 0 saturated heterocycles. The number of anilines is 2. The van der Waals surface area contributed by atoms with Gasteiger partial charge in [0.1, 0.15) is 5.82 Å². The molecule has 1 unspecified atom stereocenters. The van der Waals surface area contributed by atoms with Crippen LogP contribution in [0.15, 0.2) is 97.8 Å². The molecule has 0 saturated carbocycles. The van der Waals surface area contributed by atoms with Crippen molar-refractivity contribution in [3.63, 3.8) is 0 Å². The van der Waals surface area contributed by atoms with Gasteiger partial charge in [0.25, 0.3) is 0 Å². The Balaban J connectivity index is 1.49. The van der Waals surface area contributed by atoms with Crippen LogP contribution in [-0.4, -0.2) is 24.5 Å². The fraction of sp³-hybridized carbons (Fsp3) is 0.0714. The third kappa shape index (κ3) is 3.93. The number of pyridine rings is 2. The SMILES string of the molecule is Cn1ccc2ccc(-c3cc(NC(c4cccnc4)c4ccc(N)nc4)cc4nccnc34)cc21. The highest BCUT2D eigenvalue weighted by Gasteiger charge is 2.17. The van der Waals surface area contributed by atoms with Crippen LogP contribution in [0.25, 0.3) is 33.1 Å². The Morgan fingerprint density at radius 3 is 2.57 bits per heavy atom. The van der Waals surface area contributed by atoms with E-state index in [1.54, 1.807) is 24.8 Å². The predicted octanol–water partition coefficient (Wildman–Crippen LogP) is 5.36. The molecule has 0 aliphatic heterocycles. The number of nitrogens with one attached hydrogen (secondary N) is 1. The molecule has 0 fully saturated rings. The minimum atomic E-state index is -0.172. The fourth-order valence-electron chi connectivity index (χ4n) is 4.47. The molecule has 1 atom stereocenters. The summed E-state index contributed by atoms with van der Waals surface area (Å²) in [6.07, 6.45) is 11.0. The summed E-state index contributed by atoms with van der Waals surface area (Å²) in [4.78, 5) is 17.9. The average Bonchev–Trinajstić information content (AvgIpc) is 3.28. The van der Waals surface area contributed by atoms with Crippen LogP contribution in [-0.2, 0) is 7.05 Å². The van der Waals surface area contributed by atoms with E-state index in [4.69, 9.17) is 5.73 Å². The molecule has 4 aromatic heterocycles. The normalized spacial score (nSPS) is 12.1. The number of nitrogens with two attached hydrogens (primary N) is 1. The first-order chi connectivity index (χ1) is 17.2. The Bertz CT molecular complexity index is 1640. The number of hydrogen-bond acceptors (Lipinski definition) is 6. The van der Waals surface area contributed by atoms with Crippen LogP contribution < -0.4 is 11.1 Å². The smallest absolute Gasteiger partial charge is 0.123 e. The van der Waals surface area contributed by atoms with Gasteiger partial charge in [-0.1, -0.05) is 24.3 Å². The largest absolute Gasteiger partial charge is 0.384 e. The number of aromatic nitrogens is 5. The molecule has 0 aliphatic rings. The molecule has 0 amide bonds. The van der Waals surface area contributed by atoms with E-state index in [-0.39, 0.29) is 6.04 Å². The molecular formula is C28H23N7. The van der Waals surface area contributed by atoms with Crippen molar-refractivity contribution in [2.24, 2.45) is 7.05 Å². The van der Waals surface area contributed by atoms with Gasteiger partial charge < -0.3 is 15.6 Å². The molecule has 6 aromatic rings. The van der Waals surface area contributed by atoms with E-state index in [2.05, 4.69) is 73.4 Å². The summed E-state index contributed by atoms with van der Waals surface area (Å²) in [7, 11) is 2.06. The van der Waals surface area contributed by atoms with Gasteiger partial charge in [-0.05, 0) is 58.5 Å². The van der Waals surface area contributed by atoms with Crippen molar-refractivity contribution < 1.29 is 0 Å². The van der Waals surface area contributed by atoms with Crippen molar-refractivity contribution in [1.29, 1.82) is 0 Å². The Morgan fingerprint density at radius 2 is 1.74 bits per heavy atom. The molecule has 35 heavy (non-hydrogen) atoms. The Morgan fingerprint density at radius 1 is 0.857 bits per heavy atom. The second-order valence-corrected chi connectivity index (χ2v) is 8.53. The maximum absolute atomic E-state index is 5.85. The molecule has 4 heterocycles. The number of fused-ring (bicyclic) bond motifs is 2. The van der Waals surface area contributed by atoms with E-state index in [1.807, 2.05) is 36.5 Å². The summed E-state index contributed by atoms with van der Waals surface area (Å²) in [5.41, 5.74) is 13.7. The standard InChI is InChI=1S/C28H23N7/c1-35-12-8-18-4-5-19(13-25(18)35)23-14-22(15-24-28(23)32-11-10-31-24)34-27(20-3-2-9-30-16-20)21-6-7-26(29)33-17-21/h2-17,27,34H,1H3,(H2,29,33). The fourth-order valence-corrected chi connectivity index (χ4v) is 4.47. The van der Waals surface area contributed by atoms with E-state index in [0.717, 1.165) is 39.0 Å². The molecule has 7 nitrogen and oxygen atoms in total. The number of nitrogens with zero attached hydrogens (tertiary/aromatic N) is 5. The van der Waals surface area contributed by atoms with Crippen LogP contribution in [0.4, 0.5) is 11.5 Å². The van der Waals surface area contributed by atoms with Gasteiger partial charge in [-0.15, -0.1) is 0 Å². The Hall–Kier alpha value is -4.78. The van der Waals surface area contributed by atoms with Crippen molar-refractivity contribution in [2.75, 3.05) is 11.1 Å². The maximum Gasteiger partial charge on any atom is 0.123 e. The van der Waals surface area contributed by atoms with Crippen molar-refractivity contribution in [3.05, 3.63) is 109 Å². The number of hydrogen-bond donors (Lipinski definition) is 2. The molecule has 2 aromatic carbocycles. The van der Waals surface area contributed by atoms with Crippen LogP contribution >= 0.6 is 0 Å². The lowest BCUT2D eigenvalue weighted by Crippen LogP contribution is -2.13. The first-order valence-corrected chi connectivity index (χ1v) is 11.3. The predicted molar refractivity (Wildman–Crippen MR) is 140 cm³/mol. The minimum absolute atomic E-state index is 0.172. The van der Waals surface area contributed by atoms with E-state index < -0.39 is 0 Å². The molecule has 0 spiro atoms. The van der Waals surface area contributed by atoms with E-state index >= 15 is 0 Å². The third-order valence-corrected chi connectivity index (χ3v) is 6.24. The summed E-state index contributed by atoms with van der Waals surface area (Å²) in [6.45, 7) is 0. The maximum atomic E-state index is 5.85. The van der Waals surface area contributed by atoms with Crippen LogP contribution in [0.5, 0.6) is 0 Å². The lowest BCUT2D eigenvalue weighted by Gasteiger charge is -2.21. The molecule has 3 N–H and O–H groups in total. The number of aryl methyl sites for hydroxylation is 1. The van der Waals surface area contributed by atoms with E-state index in [9.17, 15) is 0 Å². The van der Waals surface area contributed by atoms with Gasteiger partial charge in [-0.2, -0.15) is 0 Å². The van der Waals surface area contributed by atoms with Gasteiger partial charge in [0, 0.05) is 61.0 Å². The summed E-state index contributed by atoms with van der Waals surface area (Å²) in [5.74, 6) is 0.484. The minimum Gasteiger partial charge on any atom is -0.384 e. The zero-order chi connectivity index (χ0) is 23.8. The van der Waals surface area contributed by atoms with Crippen LogP contribution in [0.3, 0.4) is 0 Å².